The minimum absolute atomic E-state index is 0.0694. The average Bonchev–Trinajstić information content (AvgIpc) is 3.23. The Morgan fingerprint density at radius 3 is 2.82 bits per heavy atom. The fourth-order valence-electron chi connectivity index (χ4n) is 2.64. The first-order valence-corrected chi connectivity index (χ1v) is 7.43. The molecule has 1 aliphatic rings. The standard InChI is InChI=1S/C16H17N5O/c1-10-9-14(18-15(22)11-7-8-11)21(19-10)16-17-12-5-3-4-6-13(12)20(16)2/h3-6,9,11H,7-8H2,1-2H3,(H,18,22). The summed E-state index contributed by atoms with van der Waals surface area (Å²) in [4.78, 5) is 16.7. The number of aromatic nitrogens is 4. The second-order valence-electron chi connectivity index (χ2n) is 5.81. The molecule has 2 heterocycles. The SMILES string of the molecule is Cc1cc(NC(=O)C2CC2)n(-c2nc3ccccc3n2C)n1. The highest BCUT2D eigenvalue weighted by Crippen LogP contribution is 2.30. The van der Waals surface area contributed by atoms with Crippen LogP contribution in [0.15, 0.2) is 30.3 Å². The lowest BCUT2D eigenvalue weighted by Gasteiger charge is -2.08. The van der Waals surface area contributed by atoms with Crippen molar-refractivity contribution >= 4 is 22.8 Å². The maximum Gasteiger partial charge on any atom is 0.233 e. The van der Waals surface area contributed by atoms with Crippen molar-refractivity contribution in [2.75, 3.05) is 5.32 Å². The number of imidazole rings is 1. The summed E-state index contributed by atoms with van der Waals surface area (Å²) < 4.78 is 3.68. The molecule has 1 aromatic carbocycles. The summed E-state index contributed by atoms with van der Waals surface area (Å²) in [6.45, 7) is 1.91. The van der Waals surface area contributed by atoms with Crippen molar-refractivity contribution in [2.45, 2.75) is 19.8 Å². The van der Waals surface area contributed by atoms with Crippen LogP contribution in [0.5, 0.6) is 0 Å². The molecule has 2 aromatic heterocycles. The van der Waals surface area contributed by atoms with Crippen LogP contribution < -0.4 is 5.32 Å². The van der Waals surface area contributed by atoms with Crippen molar-refractivity contribution in [3.63, 3.8) is 0 Å². The first-order valence-electron chi connectivity index (χ1n) is 7.43. The molecule has 1 amide bonds. The second kappa shape index (κ2) is 4.69. The number of nitrogens with zero attached hydrogens (tertiary/aromatic N) is 4. The van der Waals surface area contributed by atoms with E-state index in [2.05, 4.69) is 15.4 Å². The van der Waals surface area contributed by atoms with Crippen LogP contribution >= 0.6 is 0 Å². The predicted octanol–water partition coefficient (Wildman–Crippen LogP) is 2.42. The maximum absolute atomic E-state index is 12.0. The normalized spacial score (nSPS) is 14.5. The van der Waals surface area contributed by atoms with E-state index in [0.717, 1.165) is 29.6 Å². The highest BCUT2D eigenvalue weighted by molar-refractivity contribution is 5.93. The summed E-state index contributed by atoms with van der Waals surface area (Å²) in [5.41, 5.74) is 2.79. The first kappa shape index (κ1) is 13.1. The summed E-state index contributed by atoms with van der Waals surface area (Å²) >= 11 is 0. The van der Waals surface area contributed by atoms with Crippen LogP contribution in [0.4, 0.5) is 5.82 Å². The van der Waals surface area contributed by atoms with E-state index in [0.29, 0.717) is 11.8 Å². The van der Waals surface area contributed by atoms with Crippen molar-refractivity contribution in [3.05, 3.63) is 36.0 Å². The third-order valence-electron chi connectivity index (χ3n) is 3.98. The Morgan fingerprint density at radius 1 is 1.32 bits per heavy atom. The molecule has 6 nitrogen and oxygen atoms in total. The Balaban J connectivity index is 1.80. The van der Waals surface area contributed by atoms with Crippen molar-refractivity contribution in [1.82, 2.24) is 19.3 Å². The van der Waals surface area contributed by atoms with Gasteiger partial charge in [-0.2, -0.15) is 9.78 Å². The Kier molecular flexibility index (Phi) is 2.79. The molecule has 0 saturated heterocycles. The van der Waals surface area contributed by atoms with E-state index in [1.54, 1.807) is 4.68 Å². The van der Waals surface area contributed by atoms with Gasteiger partial charge in [-0.15, -0.1) is 0 Å². The van der Waals surface area contributed by atoms with E-state index in [9.17, 15) is 4.79 Å². The smallest absolute Gasteiger partial charge is 0.233 e. The highest BCUT2D eigenvalue weighted by atomic mass is 16.2. The molecule has 0 aliphatic heterocycles. The number of para-hydroxylation sites is 2. The van der Waals surface area contributed by atoms with Gasteiger partial charge in [0.1, 0.15) is 5.82 Å². The Labute approximate surface area is 127 Å². The lowest BCUT2D eigenvalue weighted by Crippen LogP contribution is -2.17. The van der Waals surface area contributed by atoms with Gasteiger partial charge in [0.05, 0.1) is 16.7 Å². The predicted molar refractivity (Wildman–Crippen MR) is 83.9 cm³/mol. The number of carbonyl (C=O) groups excluding carboxylic acids is 1. The molecule has 112 valence electrons. The van der Waals surface area contributed by atoms with Gasteiger partial charge in [0.15, 0.2) is 0 Å². The summed E-state index contributed by atoms with van der Waals surface area (Å²) in [6, 6.07) is 9.81. The molecule has 1 fully saturated rings. The molecular formula is C16H17N5O. The van der Waals surface area contributed by atoms with Crippen LogP contribution in [0.2, 0.25) is 0 Å². The Bertz CT molecular complexity index is 872. The molecule has 0 bridgehead atoms. The van der Waals surface area contributed by atoms with Gasteiger partial charge in [0, 0.05) is 19.0 Å². The molecule has 0 radical (unpaired) electrons. The third kappa shape index (κ3) is 2.07. The zero-order chi connectivity index (χ0) is 15.3. The fraction of sp³-hybridized carbons (Fsp3) is 0.312. The third-order valence-corrected chi connectivity index (χ3v) is 3.98. The number of carbonyl (C=O) groups is 1. The Morgan fingerprint density at radius 2 is 2.09 bits per heavy atom. The van der Waals surface area contributed by atoms with Gasteiger partial charge in [0.25, 0.3) is 0 Å². The van der Waals surface area contributed by atoms with Crippen molar-refractivity contribution in [1.29, 1.82) is 0 Å². The maximum atomic E-state index is 12.0. The largest absolute Gasteiger partial charge is 0.311 e. The van der Waals surface area contributed by atoms with Crippen LogP contribution in [-0.4, -0.2) is 25.2 Å². The van der Waals surface area contributed by atoms with E-state index in [1.807, 2.05) is 48.9 Å². The lowest BCUT2D eigenvalue weighted by atomic mass is 10.3. The molecule has 4 rings (SSSR count). The van der Waals surface area contributed by atoms with Gasteiger partial charge < -0.3 is 9.88 Å². The quantitative estimate of drug-likeness (QED) is 0.807. The summed E-state index contributed by atoms with van der Waals surface area (Å²) in [5, 5.41) is 7.46. The van der Waals surface area contributed by atoms with Crippen molar-refractivity contribution < 1.29 is 4.79 Å². The lowest BCUT2D eigenvalue weighted by molar-refractivity contribution is -0.117. The molecule has 0 unspecified atom stereocenters. The number of hydrogen-bond acceptors (Lipinski definition) is 3. The number of aryl methyl sites for hydroxylation is 2. The average molecular weight is 295 g/mol. The van der Waals surface area contributed by atoms with Crippen LogP contribution in [0.25, 0.3) is 17.0 Å². The van der Waals surface area contributed by atoms with Crippen LogP contribution in [-0.2, 0) is 11.8 Å². The number of anilines is 1. The fourth-order valence-corrected chi connectivity index (χ4v) is 2.64. The summed E-state index contributed by atoms with van der Waals surface area (Å²) in [6.07, 6.45) is 1.95. The number of rotatable bonds is 3. The molecule has 1 saturated carbocycles. The molecule has 22 heavy (non-hydrogen) atoms. The van der Waals surface area contributed by atoms with Gasteiger partial charge in [0.2, 0.25) is 11.9 Å². The van der Waals surface area contributed by atoms with Crippen molar-refractivity contribution in [3.8, 4) is 5.95 Å². The van der Waals surface area contributed by atoms with Gasteiger partial charge in [-0.25, -0.2) is 4.98 Å². The number of fused-ring (bicyclic) bond motifs is 1. The number of amides is 1. The van der Waals surface area contributed by atoms with Gasteiger partial charge >= 0.3 is 0 Å². The Hall–Kier alpha value is -2.63. The zero-order valence-corrected chi connectivity index (χ0v) is 12.6. The van der Waals surface area contributed by atoms with E-state index < -0.39 is 0 Å². The molecular weight excluding hydrogens is 278 g/mol. The van der Waals surface area contributed by atoms with Crippen LogP contribution in [0, 0.1) is 12.8 Å². The topological polar surface area (TPSA) is 64.7 Å². The molecule has 1 aliphatic carbocycles. The first-order chi connectivity index (χ1) is 10.6. The minimum Gasteiger partial charge on any atom is -0.311 e. The van der Waals surface area contributed by atoms with Crippen LogP contribution in [0.3, 0.4) is 0 Å². The van der Waals surface area contributed by atoms with E-state index in [-0.39, 0.29) is 11.8 Å². The molecule has 3 aromatic rings. The molecule has 6 heteroatoms. The second-order valence-corrected chi connectivity index (χ2v) is 5.81. The monoisotopic (exact) mass is 295 g/mol. The van der Waals surface area contributed by atoms with E-state index in [4.69, 9.17) is 0 Å². The summed E-state index contributed by atoms with van der Waals surface area (Å²) in [5.74, 6) is 1.59. The van der Waals surface area contributed by atoms with E-state index >= 15 is 0 Å². The minimum atomic E-state index is 0.0694. The number of nitrogens with one attached hydrogen (secondary N) is 1. The van der Waals surface area contributed by atoms with Gasteiger partial charge in [-0.05, 0) is 31.9 Å². The van der Waals surface area contributed by atoms with Gasteiger partial charge in [-0.3, -0.25) is 4.79 Å². The highest BCUT2D eigenvalue weighted by Gasteiger charge is 2.30. The number of hydrogen-bond donors (Lipinski definition) is 1. The van der Waals surface area contributed by atoms with Crippen molar-refractivity contribution in [2.24, 2.45) is 13.0 Å². The molecule has 0 atom stereocenters. The summed E-state index contributed by atoms with van der Waals surface area (Å²) in [7, 11) is 1.95. The van der Waals surface area contributed by atoms with Crippen LogP contribution in [0.1, 0.15) is 18.5 Å². The molecule has 0 spiro atoms. The number of benzene rings is 1. The van der Waals surface area contributed by atoms with Gasteiger partial charge in [-0.1, -0.05) is 12.1 Å². The zero-order valence-electron chi connectivity index (χ0n) is 12.6. The van der Waals surface area contributed by atoms with E-state index in [1.165, 1.54) is 0 Å². The molecule has 1 N–H and O–H groups in total.